The van der Waals surface area contributed by atoms with Crippen molar-refractivity contribution in [1.82, 2.24) is 15.0 Å². The zero-order valence-electron chi connectivity index (χ0n) is 10.4. The van der Waals surface area contributed by atoms with E-state index in [1.165, 1.54) is 0 Å². The van der Waals surface area contributed by atoms with Gasteiger partial charge in [-0.3, -0.25) is 4.98 Å². The molecule has 0 unspecified atom stereocenters. The fraction of sp³-hybridized carbons (Fsp3) is 0.308. The van der Waals surface area contributed by atoms with Gasteiger partial charge in [0.15, 0.2) is 0 Å². The molecule has 0 fully saturated rings. The van der Waals surface area contributed by atoms with Crippen LogP contribution in [0.2, 0.25) is 0 Å². The van der Waals surface area contributed by atoms with Gasteiger partial charge in [-0.05, 0) is 32.9 Å². The molecule has 0 saturated heterocycles. The maximum Gasteiger partial charge on any atom is 0.130 e. The maximum absolute atomic E-state index is 4.45. The van der Waals surface area contributed by atoms with Crippen molar-refractivity contribution >= 4 is 5.82 Å². The SMILES string of the molecule is CCNc1cc(-c2ccnc(C)c2)nc(C)n1. The molecule has 2 aromatic rings. The molecule has 17 heavy (non-hydrogen) atoms. The quantitative estimate of drug-likeness (QED) is 0.877. The summed E-state index contributed by atoms with van der Waals surface area (Å²) in [5.74, 6) is 1.64. The third kappa shape index (κ3) is 2.78. The first-order valence-corrected chi connectivity index (χ1v) is 5.71. The van der Waals surface area contributed by atoms with Gasteiger partial charge in [-0.25, -0.2) is 9.97 Å². The van der Waals surface area contributed by atoms with Gasteiger partial charge in [0.2, 0.25) is 0 Å². The lowest BCUT2D eigenvalue weighted by Crippen LogP contribution is -2.02. The lowest BCUT2D eigenvalue weighted by atomic mass is 10.1. The third-order valence-electron chi connectivity index (χ3n) is 2.39. The Bertz CT molecular complexity index is 523. The van der Waals surface area contributed by atoms with Crippen molar-refractivity contribution in [3.63, 3.8) is 0 Å². The predicted octanol–water partition coefficient (Wildman–Crippen LogP) is 2.59. The molecule has 0 aliphatic rings. The maximum atomic E-state index is 4.45. The third-order valence-corrected chi connectivity index (χ3v) is 2.39. The Balaban J connectivity index is 2.44. The predicted molar refractivity (Wildman–Crippen MR) is 68.9 cm³/mol. The van der Waals surface area contributed by atoms with Crippen LogP contribution in [0, 0.1) is 13.8 Å². The van der Waals surface area contributed by atoms with Crippen LogP contribution in [0.4, 0.5) is 5.82 Å². The van der Waals surface area contributed by atoms with Crippen molar-refractivity contribution in [3.8, 4) is 11.3 Å². The Morgan fingerprint density at radius 2 is 2.00 bits per heavy atom. The lowest BCUT2D eigenvalue weighted by molar-refractivity contribution is 1.04. The fourth-order valence-electron chi connectivity index (χ4n) is 1.69. The normalized spacial score (nSPS) is 10.3. The Labute approximate surface area is 101 Å². The summed E-state index contributed by atoms with van der Waals surface area (Å²) in [7, 11) is 0. The number of aryl methyl sites for hydroxylation is 2. The van der Waals surface area contributed by atoms with Crippen molar-refractivity contribution in [1.29, 1.82) is 0 Å². The first-order valence-electron chi connectivity index (χ1n) is 5.71. The molecule has 0 bridgehead atoms. The highest BCUT2D eigenvalue weighted by atomic mass is 15.0. The fourth-order valence-corrected chi connectivity index (χ4v) is 1.69. The molecule has 2 heterocycles. The number of hydrogen-bond donors (Lipinski definition) is 1. The van der Waals surface area contributed by atoms with Crippen LogP contribution in [0.1, 0.15) is 18.4 Å². The van der Waals surface area contributed by atoms with Crippen molar-refractivity contribution < 1.29 is 0 Å². The molecule has 0 atom stereocenters. The summed E-state index contributed by atoms with van der Waals surface area (Å²) in [6, 6.07) is 5.95. The number of anilines is 1. The molecular weight excluding hydrogens is 212 g/mol. The van der Waals surface area contributed by atoms with Crippen LogP contribution in [-0.4, -0.2) is 21.5 Å². The Hall–Kier alpha value is -1.97. The van der Waals surface area contributed by atoms with Crippen LogP contribution in [0.5, 0.6) is 0 Å². The summed E-state index contributed by atoms with van der Waals surface area (Å²) in [4.78, 5) is 13.0. The van der Waals surface area contributed by atoms with Crippen LogP contribution in [0.15, 0.2) is 24.4 Å². The first kappa shape index (κ1) is 11.5. The van der Waals surface area contributed by atoms with E-state index in [0.717, 1.165) is 35.1 Å². The minimum absolute atomic E-state index is 0.771. The van der Waals surface area contributed by atoms with Gasteiger partial charge in [-0.2, -0.15) is 0 Å². The van der Waals surface area contributed by atoms with E-state index >= 15 is 0 Å². The highest BCUT2D eigenvalue weighted by Crippen LogP contribution is 2.19. The highest BCUT2D eigenvalue weighted by molar-refractivity contribution is 5.62. The van der Waals surface area contributed by atoms with Crippen LogP contribution in [0.25, 0.3) is 11.3 Å². The van der Waals surface area contributed by atoms with E-state index in [0.29, 0.717) is 0 Å². The van der Waals surface area contributed by atoms with Gasteiger partial charge in [-0.1, -0.05) is 0 Å². The second-order valence-corrected chi connectivity index (χ2v) is 3.90. The van der Waals surface area contributed by atoms with Gasteiger partial charge in [0.05, 0.1) is 5.69 Å². The standard InChI is InChI=1S/C13H16N4/c1-4-14-13-8-12(16-10(3)17-13)11-5-6-15-9(2)7-11/h5-8H,4H2,1-3H3,(H,14,16,17). The summed E-state index contributed by atoms with van der Waals surface area (Å²) < 4.78 is 0. The van der Waals surface area contributed by atoms with Crippen LogP contribution < -0.4 is 5.32 Å². The average Bonchev–Trinajstić information content (AvgIpc) is 2.28. The molecule has 0 radical (unpaired) electrons. The van der Waals surface area contributed by atoms with Gasteiger partial charge in [-0.15, -0.1) is 0 Å². The van der Waals surface area contributed by atoms with E-state index in [1.54, 1.807) is 6.20 Å². The molecule has 4 heteroatoms. The molecule has 2 aromatic heterocycles. The van der Waals surface area contributed by atoms with E-state index in [4.69, 9.17) is 0 Å². The van der Waals surface area contributed by atoms with Crippen LogP contribution >= 0.6 is 0 Å². The second kappa shape index (κ2) is 4.91. The number of hydrogen-bond acceptors (Lipinski definition) is 4. The van der Waals surface area contributed by atoms with Crippen molar-refractivity contribution in [2.24, 2.45) is 0 Å². The average molecular weight is 228 g/mol. The van der Waals surface area contributed by atoms with Crippen molar-refractivity contribution in [2.45, 2.75) is 20.8 Å². The monoisotopic (exact) mass is 228 g/mol. The van der Waals surface area contributed by atoms with Gasteiger partial charge < -0.3 is 5.32 Å². The number of nitrogens with zero attached hydrogens (tertiary/aromatic N) is 3. The highest BCUT2D eigenvalue weighted by Gasteiger charge is 2.04. The van der Waals surface area contributed by atoms with E-state index < -0.39 is 0 Å². The molecular formula is C13H16N4. The van der Waals surface area contributed by atoms with E-state index in [2.05, 4.69) is 20.3 Å². The summed E-state index contributed by atoms with van der Waals surface area (Å²) in [6.07, 6.45) is 1.80. The molecule has 88 valence electrons. The molecule has 2 rings (SSSR count). The van der Waals surface area contributed by atoms with Crippen molar-refractivity contribution in [2.75, 3.05) is 11.9 Å². The van der Waals surface area contributed by atoms with Crippen molar-refractivity contribution in [3.05, 3.63) is 35.9 Å². The number of rotatable bonds is 3. The first-order chi connectivity index (χ1) is 8.19. The Kier molecular flexibility index (Phi) is 3.32. The number of aromatic nitrogens is 3. The number of pyridine rings is 1. The molecule has 0 spiro atoms. The molecule has 1 N–H and O–H groups in total. The molecule has 4 nitrogen and oxygen atoms in total. The van der Waals surface area contributed by atoms with Gasteiger partial charge in [0.25, 0.3) is 0 Å². The largest absolute Gasteiger partial charge is 0.370 e. The molecule has 0 amide bonds. The Morgan fingerprint density at radius 3 is 2.71 bits per heavy atom. The summed E-state index contributed by atoms with van der Waals surface area (Å²) in [6.45, 7) is 6.78. The van der Waals surface area contributed by atoms with Gasteiger partial charge >= 0.3 is 0 Å². The van der Waals surface area contributed by atoms with E-state index in [1.807, 2.05) is 39.0 Å². The minimum Gasteiger partial charge on any atom is -0.370 e. The molecule has 0 aliphatic heterocycles. The summed E-state index contributed by atoms with van der Waals surface area (Å²) in [5.41, 5.74) is 2.99. The van der Waals surface area contributed by atoms with Crippen LogP contribution in [0.3, 0.4) is 0 Å². The molecule has 0 aliphatic carbocycles. The summed E-state index contributed by atoms with van der Waals surface area (Å²) >= 11 is 0. The van der Waals surface area contributed by atoms with E-state index in [-0.39, 0.29) is 0 Å². The van der Waals surface area contributed by atoms with E-state index in [9.17, 15) is 0 Å². The summed E-state index contributed by atoms with van der Waals surface area (Å²) in [5, 5.41) is 3.21. The zero-order valence-corrected chi connectivity index (χ0v) is 10.4. The van der Waals surface area contributed by atoms with Gasteiger partial charge in [0, 0.05) is 30.1 Å². The topological polar surface area (TPSA) is 50.7 Å². The smallest absolute Gasteiger partial charge is 0.130 e. The number of nitrogens with one attached hydrogen (secondary N) is 1. The minimum atomic E-state index is 0.771. The Morgan fingerprint density at radius 1 is 1.18 bits per heavy atom. The van der Waals surface area contributed by atoms with Crippen LogP contribution in [-0.2, 0) is 0 Å². The molecule has 0 aromatic carbocycles. The lowest BCUT2D eigenvalue weighted by Gasteiger charge is -2.07. The molecule has 0 saturated carbocycles. The van der Waals surface area contributed by atoms with Gasteiger partial charge in [0.1, 0.15) is 11.6 Å². The zero-order chi connectivity index (χ0) is 12.3. The second-order valence-electron chi connectivity index (χ2n) is 3.90.